The molecule has 0 N–H and O–H groups in total. The summed E-state index contributed by atoms with van der Waals surface area (Å²) in [5.41, 5.74) is 4.70. The van der Waals surface area contributed by atoms with Gasteiger partial charge < -0.3 is 9.80 Å². The van der Waals surface area contributed by atoms with Gasteiger partial charge in [-0.15, -0.1) is 0 Å². The molecule has 1 amide bonds. The van der Waals surface area contributed by atoms with Crippen LogP contribution in [0.4, 0.5) is 11.4 Å². The number of thioether (sulfide) groups is 1. The topological polar surface area (TPSA) is 30.0 Å². The Morgan fingerprint density at radius 2 is 1.77 bits per heavy atom. The van der Waals surface area contributed by atoms with E-state index >= 15 is 0 Å². The highest BCUT2D eigenvalue weighted by molar-refractivity contribution is 8.26. The Labute approximate surface area is 194 Å². The summed E-state index contributed by atoms with van der Waals surface area (Å²) in [6, 6.07) is 16.8. The Morgan fingerprint density at radius 1 is 1.06 bits per heavy atom. The van der Waals surface area contributed by atoms with E-state index in [0.29, 0.717) is 15.9 Å². The molecule has 2 saturated heterocycles. The van der Waals surface area contributed by atoms with Gasteiger partial charge in [0.25, 0.3) is 5.91 Å². The molecular formula is C24H28N4OS2. The lowest BCUT2D eigenvalue weighted by molar-refractivity contribution is -0.123. The van der Waals surface area contributed by atoms with Gasteiger partial charge in [-0.2, -0.15) is 0 Å². The molecular weight excluding hydrogens is 424 g/mol. The van der Waals surface area contributed by atoms with Crippen molar-refractivity contribution in [3.05, 3.63) is 64.6 Å². The van der Waals surface area contributed by atoms with E-state index in [9.17, 15) is 4.79 Å². The molecule has 0 unspecified atom stereocenters. The standard InChI is InChI=1S/C24H28N4OS2/c1-18-5-4-6-21(15-18)27-13-11-26(12-14-27)17-28-23(29)22(31-24(28)30)16-19-7-9-20(10-8-19)25(2)3/h4-10,15-16H,11-14,17H2,1-3H3. The Bertz CT molecular complexity index is 995. The molecule has 0 saturated carbocycles. The predicted octanol–water partition coefficient (Wildman–Crippen LogP) is 4.04. The highest BCUT2D eigenvalue weighted by Gasteiger charge is 2.33. The van der Waals surface area contributed by atoms with Crippen LogP contribution < -0.4 is 9.80 Å². The smallest absolute Gasteiger partial charge is 0.267 e. The summed E-state index contributed by atoms with van der Waals surface area (Å²) < 4.78 is 0.641. The van der Waals surface area contributed by atoms with Crippen LogP contribution >= 0.6 is 24.0 Å². The third-order valence-electron chi connectivity index (χ3n) is 5.66. The number of thiocarbonyl (C=S) groups is 1. The lowest BCUT2D eigenvalue weighted by Crippen LogP contribution is -2.50. The summed E-state index contributed by atoms with van der Waals surface area (Å²) in [7, 11) is 4.03. The average Bonchev–Trinajstić information content (AvgIpc) is 3.02. The molecule has 2 aromatic carbocycles. The molecule has 5 nitrogen and oxygen atoms in total. The maximum absolute atomic E-state index is 13.0. The highest BCUT2D eigenvalue weighted by Crippen LogP contribution is 2.33. The fourth-order valence-corrected chi connectivity index (χ4v) is 5.06. The second kappa shape index (κ2) is 9.42. The molecule has 0 radical (unpaired) electrons. The Hall–Kier alpha value is -2.35. The summed E-state index contributed by atoms with van der Waals surface area (Å²) in [6.07, 6.45) is 1.94. The average molecular weight is 453 g/mol. The molecule has 2 heterocycles. The van der Waals surface area contributed by atoms with Gasteiger partial charge in [0.05, 0.1) is 11.6 Å². The van der Waals surface area contributed by atoms with Crippen LogP contribution in [0.25, 0.3) is 6.08 Å². The summed E-state index contributed by atoms with van der Waals surface area (Å²) in [5.74, 6) is 0.00722. The van der Waals surface area contributed by atoms with Crippen LogP contribution in [0.1, 0.15) is 11.1 Å². The number of carbonyl (C=O) groups is 1. The third-order valence-corrected chi connectivity index (χ3v) is 7.04. The van der Waals surface area contributed by atoms with Crippen LogP contribution in [0.5, 0.6) is 0 Å². The Morgan fingerprint density at radius 3 is 2.42 bits per heavy atom. The number of rotatable bonds is 5. The van der Waals surface area contributed by atoms with E-state index < -0.39 is 0 Å². The van der Waals surface area contributed by atoms with Gasteiger partial charge in [-0.3, -0.25) is 14.6 Å². The lowest BCUT2D eigenvalue weighted by atomic mass is 10.2. The van der Waals surface area contributed by atoms with Gasteiger partial charge in [-0.1, -0.05) is 48.2 Å². The maximum Gasteiger partial charge on any atom is 0.267 e. The fourth-order valence-electron chi connectivity index (χ4n) is 3.81. The van der Waals surface area contributed by atoms with E-state index in [4.69, 9.17) is 12.2 Å². The van der Waals surface area contributed by atoms with Gasteiger partial charge in [-0.05, 0) is 48.4 Å². The van der Waals surface area contributed by atoms with Crippen molar-refractivity contribution < 1.29 is 4.79 Å². The number of hydrogen-bond acceptors (Lipinski definition) is 6. The molecule has 0 aliphatic carbocycles. The van der Waals surface area contributed by atoms with Gasteiger partial charge in [0.2, 0.25) is 0 Å². The van der Waals surface area contributed by atoms with Crippen molar-refractivity contribution >= 4 is 51.7 Å². The van der Waals surface area contributed by atoms with Gasteiger partial charge >= 0.3 is 0 Å². The number of hydrogen-bond donors (Lipinski definition) is 0. The normalized spacial score (nSPS) is 18.9. The molecule has 0 spiro atoms. The van der Waals surface area contributed by atoms with Crippen LogP contribution in [0, 0.1) is 6.92 Å². The third kappa shape index (κ3) is 5.11. The first-order valence-electron chi connectivity index (χ1n) is 10.5. The fraction of sp³-hybridized carbons (Fsp3) is 0.333. The first-order valence-corrected chi connectivity index (χ1v) is 11.7. The van der Waals surface area contributed by atoms with E-state index in [-0.39, 0.29) is 5.91 Å². The summed E-state index contributed by atoms with van der Waals surface area (Å²) in [4.78, 5) is 22.2. The maximum atomic E-state index is 13.0. The molecule has 2 aliphatic rings. The van der Waals surface area contributed by atoms with E-state index in [0.717, 1.165) is 37.4 Å². The summed E-state index contributed by atoms with van der Waals surface area (Å²) >= 11 is 6.93. The van der Waals surface area contributed by atoms with Crippen LogP contribution in [0.15, 0.2) is 53.4 Å². The number of carbonyl (C=O) groups excluding carboxylic acids is 1. The molecule has 0 bridgehead atoms. The van der Waals surface area contributed by atoms with Crippen molar-refractivity contribution in [1.29, 1.82) is 0 Å². The summed E-state index contributed by atoms with van der Waals surface area (Å²) in [6.45, 7) is 6.41. The molecule has 2 fully saturated rings. The largest absolute Gasteiger partial charge is 0.378 e. The monoisotopic (exact) mass is 452 g/mol. The summed E-state index contributed by atoms with van der Waals surface area (Å²) in [5, 5.41) is 0. The molecule has 31 heavy (non-hydrogen) atoms. The minimum atomic E-state index is 0.00722. The van der Waals surface area contributed by atoms with E-state index in [1.54, 1.807) is 4.90 Å². The predicted molar refractivity (Wildman–Crippen MR) is 136 cm³/mol. The number of piperazine rings is 1. The quantitative estimate of drug-likeness (QED) is 0.503. The number of anilines is 2. The highest BCUT2D eigenvalue weighted by atomic mass is 32.2. The molecule has 4 rings (SSSR count). The Kier molecular flexibility index (Phi) is 6.65. The Balaban J connectivity index is 1.36. The minimum Gasteiger partial charge on any atom is -0.378 e. The van der Waals surface area contributed by atoms with Crippen LogP contribution in [-0.2, 0) is 4.79 Å². The number of benzene rings is 2. The van der Waals surface area contributed by atoms with E-state index in [1.807, 2.05) is 32.3 Å². The second-order valence-electron chi connectivity index (χ2n) is 8.18. The zero-order chi connectivity index (χ0) is 22.0. The molecule has 2 aliphatic heterocycles. The number of nitrogens with zero attached hydrogens (tertiary/aromatic N) is 4. The number of amides is 1. The first-order chi connectivity index (χ1) is 14.9. The van der Waals surface area contributed by atoms with Gasteiger partial charge in [0.15, 0.2) is 0 Å². The number of aryl methyl sites for hydroxylation is 1. The molecule has 162 valence electrons. The zero-order valence-electron chi connectivity index (χ0n) is 18.2. The van der Waals surface area contributed by atoms with Crippen LogP contribution in [-0.4, -0.2) is 67.0 Å². The minimum absolute atomic E-state index is 0.00722. The van der Waals surface area contributed by atoms with Gasteiger partial charge in [0, 0.05) is 51.6 Å². The molecule has 2 aromatic rings. The van der Waals surface area contributed by atoms with Gasteiger partial charge in [0.1, 0.15) is 4.32 Å². The van der Waals surface area contributed by atoms with Crippen molar-refractivity contribution in [3.8, 4) is 0 Å². The molecule has 0 aromatic heterocycles. The van der Waals surface area contributed by atoms with Gasteiger partial charge in [-0.25, -0.2) is 0 Å². The van der Waals surface area contributed by atoms with Crippen molar-refractivity contribution in [3.63, 3.8) is 0 Å². The van der Waals surface area contributed by atoms with Crippen LogP contribution in [0.3, 0.4) is 0 Å². The van der Waals surface area contributed by atoms with Crippen LogP contribution in [0.2, 0.25) is 0 Å². The SMILES string of the molecule is Cc1cccc(N2CCN(CN3C(=O)C(=Cc4ccc(N(C)C)cc4)SC3=S)CC2)c1. The molecule has 7 heteroatoms. The van der Waals surface area contributed by atoms with E-state index in [2.05, 4.69) is 58.0 Å². The van der Waals surface area contributed by atoms with Crippen molar-refractivity contribution in [2.75, 3.05) is 56.7 Å². The second-order valence-corrected chi connectivity index (χ2v) is 9.86. The molecule has 0 atom stereocenters. The van der Waals surface area contributed by atoms with Crippen molar-refractivity contribution in [2.24, 2.45) is 0 Å². The first kappa shape index (κ1) is 21.9. The van der Waals surface area contributed by atoms with Crippen molar-refractivity contribution in [1.82, 2.24) is 9.80 Å². The lowest BCUT2D eigenvalue weighted by Gasteiger charge is -2.37. The van der Waals surface area contributed by atoms with Crippen molar-refractivity contribution in [2.45, 2.75) is 6.92 Å². The van der Waals surface area contributed by atoms with E-state index in [1.165, 1.54) is 23.0 Å². The zero-order valence-corrected chi connectivity index (χ0v) is 19.9.